The number of aryl methyl sites for hydroxylation is 3. The average molecular weight is 400 g/mol. The highest BCUT2D eigenvalue weighted by molar-refractivity contribution is 8.14. The van der Waals surface area contributed by atoms with Crippen LogP contribution in [0.5, 0.6) is 0 Å². The van der Waals surface area contributed by atoms with Gasteiger partial charge in [-0.2, -0.15) is 0 Å². The summed E-state index contributed by atoms with van der Waals surface area (Å²) < 4.78 is 25.2. The van der Waals surface area contributed by atoms with Crippen LogP contribution in [-0.2, 0) is 14.6 Å². The molecule has 1 amide bonds. The van der Waals surface area contributed by atoms with E-state index < -0.39 is 20.3 Å². The highest BCUT2D eigenvalue weighted by atomic mass is 32.3. The van der Waals surface area contributed by atoms with E-state index in [0.717, 1.165) is 28.1 Å². The third-order valence-corrected chi connectivity index (χ3v) is 8.40. The summed E-state index contributed by atoms with van der Waals surface area (Å²) in [5, 5.41) is 2.02. The molecule has 0 radical (unpaired) electrons. The summed E-state index contributed by atoms with van der Waals surface area (Å²) in [4.78, 5) is 13.0. The number of carbonyl (C=O) groups excluding carboxylic acids is 1. The van der Waals surface area contributed by atoms with Crippen molar-refractivity contribution >= 4 is 38.3 Å². The number of thioether (sulfide) groups is 1. The van der Waals surface area contributed by atoms with Crippen LogP contribution >= 0.6 is 11.8 Å². The van der Waals surface area contributed by atoms with E-state index in [-0.39, 0.29) is 4.90 Å². The maximum Gasteiger partial charge on any atom is 0.246 e. The first-order valence-corrected chi connectivity index (χ1v) is 10.9. The van der Waals surface area contributed by atoms with Gasteiger partial charge in [0.05, 0.1) is 4.90 Å². The van der Waals surface area contributed by atoms with Gasteiger partial charge in [-0.1, -0.05) is 59.8 Å². The minimum atomic E-state index is -3.94. The highest BCUT2D eigenvalue weighted by Gasteiger charge is 2.35. The van der Waals surface area contributed by atoms with Crippen LogP contribution in [0.15, 0.2) is 64.4 Å². The number of hydrogen-bond acceptors (Lipinski definition) is 4. The van der Waals surface area contributed by atoms with Gasteiger partial charge in [-0.15, -0.1) is 0 Å². The molecular weight excluding hydrogens is 378 g/mol. The van der Waals surface area contributed by atoms with Gasteiger partial charge >= 0.3 is 0 Å². The van der Waals surface area contributed by atoms with Gasteiger partial charge in [-0.25, -0.2) is 8.42 Å². The van der Waals surface area contributed by atoms with E-state index >= 15 is 0 Å². The number of fused-ring (bicyclic) bond motifs is 1. The van der Waals surface area contributed by atoms with Crippen molar-refractivity contribution in [3.05, 3.63) is 71.3 Å². The first-order chi connectivity index (χ1) is 12.7. The van der Waals surface area contributed by atoms with Crippen molar-refractivity contribution in [2.75, 3.05) is 0 Å². The van der Waals surface area contributed by atoms with E-state index in [4.69, 9.17) is 5.73 Å². The van der Waals surface area contributed by atoms with E-state index in [9.17, 15) is 13.2 Å². The Hall–Kier alpha value is -2.31. The van der Waals surface area contributed by atoms with E-state index in [1.54, 1.807) is 26.0 Å². The molecule has 2 N–H and O–H groups in total. The Morgan fingerprint density at radius 3 is 2.11 bits per heavy atom. The molecule has 6 heteroatoms. The summed E-state index contributed by atoms with van der Waals surface area (Å²) in [6.07, 6.45) is 0. The molecule has 27 heavy (non-hydrogen) atoms. The van der Waals surface area contributed by atoms with Crippen LogP contribution in [0.4, 0.5) is 0 Å². The lowest BCUT2D eigenvalue weighted by Gasteiger charge is -2.18. The molecule has 0 aliphatic rings. The number of nitrogens with two attached hydrogens (primary N) is 1. The number of sulfone groups is 1. The summed E-state index contributed by atoms with van der Waals surface area (Å²) in [5.41, 5.74) is 7.73. The van der Waals surface area contributed by atoms with Gasteiger partial charge in [0.2, 0.25) is 15.7 Å². The maximum absolute atomic E-state index is 13.3. The predicted molar refractivity (Wildman–Crippen MR) is 111 cm³/mol. The highest BCUT2D eigenvalue weighted by Crippen LogP contribution is 2.35. The van der Waals surface area contributed by atoms with E-state index in [1.807, 2.05) is 49.4 Å². The fraction of sp³-hybridized carbons (Fsp3) is 0.190. The van der Waals surface area contributed by atoms with Crippen molar-refractivity contribution in [2.24, 2.45) is 5.73 Å². The lowest BCUT2D eigenvalue weighted by Crippen LogP contribution is -2.34. The van der Waals surface area contributed by atoms with Crippen molar-refractivity contribution in [3.8, 4) is 0 Å². The van der Waals surface area contributed by atoms with Crippen molar-refractivity contribution in [1.82, 2.24) is 0 Å². The number of hydrogen-bond donors (Lipinski definition) is 1. The molecule has 0 aromatic heterocycles. The Morgan fingerprint density at radius 1 is 0.926 bits per heavy atom. The van der Waals surface area contributed by atoms with Crippen molar-refractivity contribution in [3.63, 3.8) is 0 Å². The van der Waals surface area contributed by atoms with Gasteiger partial charge in [-0.05, 0) is 54.8 Å². The van der Waals surface area contributed by atoms with Gasteiger partial charge < -0.3 is 5.73 Å². The van der Waals surface area contributed by atoms with Gasteiger partial charge in [0, 0.05) is 4.90 Å². The first-order valence-electron chi connectivity index (χ1n) is 8.46. The molecule has 3 rings (SSSR count). The minimum absolute atomic E-state index is 0.185. The topological polar surface area (TPSA) is 77.2 Å². The lowest BCUT2D eigenvalue weighted by molar-refractivity contribution is -0.116. The monoisotopic (exact) mass is 399 g/mol. The number of primary amides is 1. The molecular formula is C21H21NO3S2. The molecule has 0 spiro atoms. The molecule has 140 valence electrons. The van der Waals surface area contributed by atoms with E-state index in [0.29, 0.717) is 16.0 Å². The number of carbonyl (C=O) groups is 1. The molecule has 0 bridgehead atoms. The normalized spacial score (nSPS) is 12.9. The minimum Gasteiger partial charge on any atom is -0.368 e. The molecule has 0 heterocycles. The summed E-state index contributed by atoms with van der Waals surface area (Å²) in [5.74, 6) is -0.868. The molecule has 1 unspecified atom stereocenters. The Kier molecular flexibility index (Phi) is 5.31. The van der Waals surface area contributed by atoms with Crippen molar-refractivity contribution < 1.29 is 13.2 Å². The summed E-state index contributed by atoms with van der Waals surface area (Å²) >= 11 is 0.973. The lowest BCUT2D eigenvalue weighted by atomic mass is 10.1. The van der Waals surface area contributed by atoms with Gasteiger partial charge in [0.15, 0.2) is 4.58 Å². The fourth-order valence-corrected chi connectivity index (χ4v) is 6.73. The molecule has 0 fully saturated rings. The quantitative estimate of drug-likeness (QED) is 0.654. The zero-order valence-corrected chi connectivity index (χ0v) is 17.0. The standard InChI is InChI=1S/C21H21NO3S2/c1-13-10-14(2)19(15(3)11-13)27(24,25)21(20(22)23)26-18-9-8-16-6-4-5-7-17(16)12-18/h4-12,21H,1-3H3,(H2,22,23). The summed E-state index contributed by atoms with van der Waals surface area (Å²) in [6.45, 7) is 5.39. The SMILES string of the molecule is Cc1cc(C)c(S(=O)(=O)C(Sc2ccc3ccccc3c2)C(N)=O)c(C)c1. The van der Waals surface area contributed by atoms with E-state index in [1.165, 1.54) is 0 Å². The fourth-order valence-electron chi connectivity index (χ4n) is 3.36. The Labute approximate surface area is 163 Å². The second-order valence-electron chi connectivity index (χ2n) is 6.63. The predicted octanol–water partition coefficient (Wildman–Crippen LogP) is 4.14. The zero-order valence-electron chi connectivity index (χ0n) is 15.4. The van der Waals surface area contributed by atoms with Gasteiger partial charge in [0.1, 0.15) is 0 Å². The first kappa shape index (κ1) is 19.5. The molecule has 0 saturated carbocycles. The Bertz CT molecular complexity index is 1110. The number of amides is 1. The number of benzene rings is 3. The largest absolute Gasteiger partial charge is 0.368 e. The van der Waals surface area contributed by atoms with Crippen LogP contribution in [0.3, 0.4) is 0 Å². The third-order valence-electron chi connectivity index (χ3n) is 4.37. The smallest absolute Gasteiger partial charge is 0.246 e. The maximum atomic E-state index is 13.3. The summed E-state index contributed by atoms with van der Waals surface area (Å²) in [7, 11) is -3.94. The van der Waals surface area contributed by atoms with Crippen LogP contribution in [-0.4, -0.2) is 18.9 Å². The van der Waals surface area contributed by atoms with Crippen LogP contribution in [0, 0.1) is 20.8 Å². The Morgan fingerprint density at radius 2 is 1.52 bits per heavy atom. The molecule has 1 atom stereocenters. The van der Waals surface area contributed by atoms with Crippen LogP contribution in [0.25, 0.3) is 10.8 Å². The zero-order chi connectivity index (χ0) is 19.8. The second-order valence-corrected chi connectivity index (χ2v) is 10.1. The van der Waals surface area contributed by atoms with Crippen molar-refractivity contribution in [2.45, 2.75) is 35.1 Å². The average Bonchev–Trinajstić information content (AvgIpc) is 2.57. The third kappa shape index (κ3) is 3.87. The molecule has 0 aliphatic heterocycles. The molecule has 3 aromatic rings. The molecule has 0 aliphatic carbocycles. The molecule has 3 aromatic carbocycles. The van der Waals surface area contributed by atoms with Crippen LogP contribution in [0.2, 0.25) is 0 Å². The Balaban J connectivity index is 2.05. The van der Waals surface area contributed by atoms with Crippen LogP contribution in [0.1, 0.15) is 16.7 Å². The van der Waals surface area contributed by atoms with Gasteiger partial charge in [-0.3, -0.25) is 4.79 Å². The van der Waals surface area contributed by atoms with Crippen molar-refractivity contribution in [1.29, 1.82) is 0 Å². The molecule has 4 nitrogen and oxygen atoms in total. The number of rotatable bonds is 5. The second kappa shape index (κ2) is 7.37. The van der Waals surface area contributed by atoms with Gasteiger partial charge in [0.25, 0.3) is 0 Å². The summed E-state index contributed by atoms with van der Waals surface area (Å²) in [6, 6.07) is 17.0. The van der Waals surface area contributed by atoms with Crippen LogP contribution < -0.4 is 5.73 Å². The molecule has 0 saturated heterocycles. The van der Waals surface area contributed by atoms with E-state index in [2.05, 4.69) is 0 Å².